The third kappa shape index (κ3) is 2.22. The molecule has 0 N–H and O–H groups in total. The first-order valence-electron chi connectivity index (χ1n) is 5.22. The Morgan fingerprint density at radius 1 is 1.14 bits per heavy atom. The summed E-state index contributed by atoms with van der Waals surface area (Å²) in [6, 6.07) is 4.34. The van der Waals surface area contributed by atoms with Crippen LogP contribution in [0.2, 0.25) is 0 Å². The Bertz CT molecular complexity index is 326. The van der Waals surface area contributed by atoms with E-state index in [-0.39, 0.29) is 0 Å². The van der Waals surface area contributed by atoms with Crippen molar-refractivity contribution in [3.63, 3.8) is 0 Å². The van der Waals surface area contributed by atoms with Gasteiger partial charge in [-0.1, -0.05) is 19.1 Å². The van der Waals surface area contributed by atoms with E-state index >= 15 is 0 Å². The number of benzene rings is 1. The molecule has 0 atom stereocenters. The van der Waals surface area contributed by atoms with Gasteiger partial charge in [-0.2, -0.15) is 0 Å². The fraction of sp³-hybridized carbons (Fsp3) is 0.462. The number of aldehydes is 1. The molecule has 0 radical (unpaired) electrons. The van der Waals surface area contributed by atoms with Crippen molar-refractivity contribution in [3.05, 3.63) is 34.4 Å². The normalized spacial score (nSPS) is 10.2. The van der Waals surface area contributed by atoms with Gasteiger partial charge < -0.3 is 4.79 Å². The second-order valence-electron chi connectivity index (χ2n) is 3.69. The van der Waals surface area contributed by atoms with Crippen LogP contribution >= 0.6 is 0 Å². The van der Waals surface area contributed by atoms with Gasteiger partial charge in [0.05, 0.1) is 0 Å². The minimum atomic E-state index is 0.631. The van der Waals surface area contributed by atoms with Crippen LogP contribution in [0.25, 0.3) is 0 Å². The Hall–Kier alpha value is -1.11. The van der Waals surface area contributed by atoms with E-state index in [4.69, 9.17) is 0 Å². The van der Waals surface area contributed by atoms with Gasteiger partial charge in [0, 0.05) is 6.42 Å². The molecule has 14 heavy (non-hydrogen) atoms. The number of aryl methyl sites for hydroxylation is 2. The third-order valence-corrected chi connectivity index (χ3v) is 2.92. The van der Waals surface area contributed by atoms with Crippen LogP contribution in [-0.2, 0) is 17.6 Å². The van der Waals surface area contributed by atoms with Crippen molar-refractivity contribution in [1.82, 2.24) is 0 Å². The third-order valence-electron chi connectivity index (χ3n) is 2.92. The summed E-state index contributed by atoms with van der Waals surface area (Å²) in [6.45, 7) is 6.49. The zero-order valence-electron chi connectivity index (χ0n) is 9.26. The zero-order valence-corrected chi connectivity index (χ0v) is 9.26. The maximum atomic E-state index is 10.3. The van der Waals surface area contributed by atoms with E-state index in [2.05, 4.69) is 32.9 Å². The Kier molecular flexibility index (Phi) is 3.87. The molecule has 1 aromatic rings. The van der Waals surface area contributed by atoms with Crippen molar-refractivity contribution in [2.24, 2.45) is 0 Å². The Balaban J connectivity index is 2.98. The van der Waals surface area contributed by atoms with Crippen molar-refractivity contribution >= 4 is 6.29 Å². The fourth-order valence-corrected chi connectivity index (χ4v) is 1.80. The summed E-state index contributed by atoms with van der Waals surface area (Å²) >= 11 is 0. The Morgan fingerprint density at radius 3 is 2.29 bits per heavy atom. The largest absolute Gasteiger partial charge is 0.303 e. The molecule has 0 unspecified atom stereocenters. The van der Waals surface area contributed by atoms with Crippen LogP contribution in [0, 0.1) is 13.8 Å². The van der Waals surface area contributed by atoms with Gasteiger partial charge in [0.15, 0.2) is 0 Å². The van der Waals surface area contributed by atoms with Gasteiger partial charge in [-0.3, -0.25) is 0 Å². The average Bonchev–Trinajstić information content (AvgIpc) is 2.20. The van der Waals surface area contributed by atoms with Crippen LogP contribution < -0.4 is 0 Å². The minimum Gasteiger partial charge on any atom is -0.303 e. The van der Waals surface area contributed by atoms with E-state index in [1.54, 1.807) is 0 Å². The lowest BCUT2D eigenvalue weighted by molar-refractivity contribution is -0.107. The number of hydrogen-bond acceptors (Lipinski definition) is 1. The molecule has 1 rings (SSSR count). The molecule has 0 amide bonds. The van der Waals surface area contributed by atoms with E-state index < -0.39 is 0 Å². The highest BCUT2D eigenvalue weighted by molar-refractivity contribution is 5.51. The first kappa shape index (κ1) is 11.0. The number of rotatable bonds is 4. The monoisotopic (exact) mass is 190 g/mol. The van der Waals surface area contributed by atoms with Crippen LogP contribution in [0.3, 0.4) is 0 Å². The molecule has 0 saturated heterocycles. The summed E-state index contributed by atoms with van der Waals surface area (Å²) in [5.74, 6) is 0. The Labute approximate surface area is 86.1 Å². The fourth-order valence-electron chi connectivity index (χ4n) is 1.80. The molecular weight excluding hydrogens is 172 g/mol. The number of hydrogen-bond donors (Lipinski definition) is 0. The van der Waals surface area contributed by atoms with E-state index in [1.807, 2.05) is 0 Å². The smallest absolute Gasteiger partial charge is 0.120 e. The molecule has 0 aliphatic carbocycles. The highest BCUT2D eigenvalue weighted by atomic mass is 16.1. The number of carbonyl (C=O) groups is 1. The molecule has 0 saturated carbocycles. The maximum absolute atomic E-state index is 10.3. The summed E-state index contributed by atoms with van der Waals surface area (Å²) in [5, 5.41) is 0. The first-order valence-corrected chi connectivity index (χ1v) is 5.22. The standard InChI is InChI=1S/C13H18O/c1-4-12-7-8-13(6-5-9-14)11(3)10(12)2/h7-9H,4-6H2,1-3H3. The summed E-state index contributed by atoms with van der Waals surface area (Å²) in [5.41, 5.74) is 5.46. The summed E-state index contributed by atoms with van der Waals surface area (Å²) in [4.78, 5) is 10.3. The molecule has 1 heteroatoms. The second kappa shape index (κ2) is 4.94. The molecule has 0 spiro atoms. The van der Waals surface area contributed by atoms with E-state index in [0.717, 1.165) is 19.1 Å². The van der Waals surface area contributed by atoms with Crippen molar-refractivity contribution in [1.29, 1.82) is 0 Å². The summed E-state index contributed by atoms with van der Waals surface area (Å²) in [7, 11) is 0. The molecule has 76 valence electrons. The molecular formula is C13H18O. The van der Waals surface area contributed by atoms with Crippen LogP contribution in [0.15, 0.2) is 12.1 Å². The first-order chi connectivity index (χ1) is 6.70. The molecule has 1 nitrogen and oxygen atoms in total. The molecule has 0 aliphatic rings. The number of carbonyl (C=O) groups excluding carboxylic acids is 1. The SMILES string of the molecule is CCc1ccc(CCC=O)c(C)c1C. The van der Waals surface area contributed by atoms with Gasteiger partial charge in [-0.05, 0) is 48.9 Å². The predicted octanol–water partition coefficient (Wildman–Crippen LogP) is 3.00. The highest BCUT2D eigenvalue weighted by Crippen LogP contribution is 2.19. The van der Waals surface area contributed by atoms with Gasteiger partial charge in [0.25, 0.3) is 0 Å². The van der Waals surface area contributed by atoms with E-state index in [0.29, 0.717) is 6.42 Å². The van der Waals surface area contributed by atoms with Crippen molar-refractivity contribution in [2.75, 3.05) is 0 Å². The minimum absolute atomic E-state index is 0.631. The highest BCUT2D eigenvalue weighted by Gasteiger charge is 2.04. The lowest BCUT2D eigenvalue weighted by Crippen LogP contribution is -1.97. The van der Waals surface area contributed by atoms with Crippen molar-refractivity contribution in [2.45, 2.75) is 40.0 Å². The zero-order chi connectivity index (χ0) is 10.6. The molecule has 0 aromatic heterocycles. The lowest BCUT2D eigenvalue weighted by Gasteiger charge is -2.11. The topological polar surface area (TPSA) is 17.1 Å². The van der Waals surface area contributed by atoms with Gasteiger partial charge >= 0.3 is 0 Å². The molecule has 0 fully saturated rings. The Morgan fingerprint density at radius 2 is 1.71 bits per heavy atom. The molecule has 0 bridgehead atoms. The lowest BCUT2D eigenvalue weighted by atomic mass is 9.94. The van der Waals surface area contributed by atoms with Crippen molar-refractivity contribution < 1.29 is 4.79 Å². The summed E-state index contributed by atoms with van der Waals surface area (Å²) in [6.07, 6.45) is 3.58. The van der Waals surface area contributed by atoms with Crippen LogP contribution in [-0.4, -0.2) is 6.29 Å². The van der Waals surface area contributed by atoms with Gasteiger partial charge in [0.1, 0.15) is 6.29 Å². The molecule has 1 aromatic carbocycles. The van der Waals surface area contributed by atoms with E-state index in [9.17, 15) is 4.79 Å². The van der Waals surface area contributed by atoms with Gasteiger partial charge in [-0.25, -0.2) is 0 Å². The molecule has 0 heterocycles. The van der Waals surface area contributed by atoms with Crippen LogP contribution in [0.4, 0.5) is 0 Å². The molecule has 0 aliphatic heterocycles. The second-order valence-corrected chi connectivity index (χ2v) is 3.69. The average molecular weight is 190 g/mol. The van der Waals surface area contributed by atoms with Crippen LogP contribution in [0.5, 0.6) is 0 Å². The van der Waals surface area contributed by atoms with Crippen LogP contribution in [0.1, 0.15) is 35.6 Å². The predicted molar refractivity (Wildman–Crippen MR) is 59.7 cm³/mol. The van der Waals surface area contributed by atoms with Gasteiger partial charge in [-0.15, -0.1) is 0 Å². The quantitative estimate of drug-likeness (QED) is 0.667. The maximum Gasteiger partial charge on any atom is 0.120 e. The van der Waals surface area contributed by atoms with E-state index in [1.165, 1.54) is 22.3 Å². The summed E-state index contributed by atoms with van der Waals surface area (Å²) < 4.78 is 0. The van der Waals surface area contributed by atoms with Gasteiger partial charge in [0.2, 0.25) is 0 Å². The van der Waals surface area contributed by atoms with Crippen molar-refractivity contribution in [3.8, 4) is 0 Å².